The van der Waals surface area contributed by atoms with Crippen LogP contribution in [0, 0.1) is 12.8 Å². The van der Waals surface area contributed by atoms with Gasteiger partial charge in [0.25, 0.3) is 5.91 Å². The Balaban J connectivity index is 1.69. The number of benzene rings is 1. The first-order valence-corrected chi connectivity index (χ1v) is 11.2. The number of aromatic nitrogens is 2. The molecule has 0 N–H and O–H groups in total. The minimum atomic E-state index is -0.232. The summed E-state index contributed by atoms with van der Waals surface area (Å²) in [7, 11) is 0. The first-order chi connectivity index (χ1) is 14.5. The number of amides is 1. The van der Waals surface area contributed by atoms with Gasteiger partial charge in [-0.15, -0.1) is 0 Å². The second-order valence-electron chi connectivity index (χ2n) is 8.43. The second-order valence-corrected chi connectivity index (χ2v) is 8.43. The van der Waals surface area contributed by atoms with Crippen LogP contribution in [0.25, 0.3) is 5.69 Å². The van der Waals surface area contributed by atoms with Gasteiger partial charge in [0.15, 0.2) is 0 Å². The molecule has 4 rings (SSSR count). The van der Waals surface area contributed by atoms with Crippen molar-refractivity contribution in [2.45, 2.75) is 58.8 Å². The third kappa shape index (κ3) is 4.00. The number of carbonyl (C=O) groups excluding carboxylic acids is 2. The third-order valence-corrected chi connectivity index (χ3v) is 6.10. The molecule has 6 heteroatoms. The van der Waals surface area contributed by atoms with Crippen LogP contribution in [0.3, 0.4) is 0 Å². The molecule has 1 aromatic heterocycles. The number of likely N-dealkylation sites (tertiary alicyclic amines) is 1. The summed E-state index contributed by atoms with van der Waals surface area (Å²) in [5, 5.41) is 4.93. The Labute approximate surface area is 178 Å². The van der Waals surface area contributed by atoms with Gasteiger partial charge in [0.1, 0.15) is 0 Å². The molecular weight excluding hydrogens is 378 g/mol. The molecule has 0 spiro atoms. The molecule has 2 aliphatic rings. The molecule has 1 aliphatic heterocycles. The minimum absolute atomic E-state index is 0.0154. The maximum Gasteiger partial charge on any atom is 0.310 e. The number of aryl methyl sites for hydroxylation is 1. The van der Waals surface area contributed by atoms with E-state index in [4.69, 9.17) is 9.84 Å². The SMILES string of the molecule is CCOC(=O)C1CCCN(C(=O)c2c(C3CC3)nn(-c3cccc(C)c3)c2CC)C1. The molecule has 1 unspecified atom stereocenters. The zero-order valence-corrected chi connectivity index (χ0v) is 18.2. The Hall–Kier alpha value is -2.63. The lowest BCUT2D eigenvalue weighted by atomic mass is 9.96. The number of carbonyl (C=O) groups is 2. The van der Waals surface area contributed by atoms with E-state index in [0.717, 1.165) is 54.7 Å². The summed E-state index contributed by atoms with van der Waals surface area (Å²) < 4.78 is 7.17. The summed E-state index contributed by atoms with van der Waals surface area (Å²) >= 11 is 0. The van der Waals surface area contributed by atoms with Gasteiger partial charge in [0, 0.05) is 19.0 Å². The lowest BCUT2D eigenvalue weighted by Gasteiger charge is -2.31. The molecule has 0 bridgehead atoms. The van der Waals surface area contributed by atoms with Gasteiger partial charge in [-0.05, 0) is 63.6 Å². The zero-order valence-electron chi connectivity index (χ0n) is 18.2. The summed E-state index contributed by atoms with van der Waals surface area (Å²) in [6.07, 6.45) is 4.49. The molecule has 1 saturated carbocycles. The first-order valence-electron chi connectivity index (χ1n) is 11.2. The van der Waals surface area contributed by atoms with E-state index < -0.39 is 0 Å². The lowest BCUT2D eigenvalue weighted by molar-refractivity contribution is -0.149. The Bertz CT molecular complexity index is 945. The van der Waals surface area contributed by atoms with Crippen molar-refractivity contribution in [1.29, 1.82) is 0 Å². The number of esters is 1. The summed E-state index contributed by atoms with van der Waals surface area (Å²) in [6, 6.07) is 8.24. The fourth-order valence-electron chi connectivity index (χ4n) is 4.42. The molecule has 6 nitrogen and oxygen atoms in total. The summed E-state index contributed by atoms with van der Waals surface area (Å²) in [5.74, 6) is -0.0416. The topological polar surface area (TPSA) is 64.4 Å². The number of rotatable bonds is 6. The highest BCUT2D eigenvalue weighted by molar-refractivity contribution is 5.97. The lowest BCUT2D eigenvalue weighted by Crippen LogP contribution is -2.43. The van der Waals surface area contributed by atoms with Crippen molar-refractivity contribution in [1.82, 2.24) is 14.7 Å². The van der Waals surface area contributed by atoms with Crippen LogP contribution in [0.5, 0.6) is 0 Å². The van der Waals surface area contributed by atoms with Crippen molar-refractivity contribution >= 4 is 11.9 Å². The van der Waals surface area contributed by atoms with Crippen LogP contribution in [-0.4, -0.2) is 46.3 Å². The number of hydrogen-bond donors (Lipinski definition) is 0. The van der Waals surface area contributed by atoms with Crippen LogP contribution in [0.4, 0.5) is 0 Å². The molecule has 1 aliphatic carbocycles. The molecular formula is C24H31N3O3. The van der Waals surface area contributed by atoms with Crippen molar-refractivity contribution in [3.8, 4) is 5.69 Å². The highest BCUT2D eigenvalue weighted by atomic mass is 16.5. The molecule has 0 radical (unpaired) electrons. The average molecular weight is 410 g/mol. The van der Waals surface area contributed by atoms with Gasteiger partial charge >= 0.3 is 5.97 Å². The van der Waals surface area contributed by atoms with Crippen LogP contribution >= 0.6 is 0 Å². The van der Waals surface area contributed by atoms with Crippen LogP contribution < -0.4 is 0 Å². The predicted molar refractivity (Wildman–Crippen MR) is 115 cm³/mol. The van der Waals surface area contributed by atoms with Gasteiger partial charge in [0.2, 0.25) is 0 Å². The van der Waals surface area contributed by atoms with Crippen molar-refractivity contribution < 1.29 is 14.3 Å². The Morgan fingerprint density at radius 2 is 2.00 bits per heavy atom. The van der Waals surface area contributed by atoms with Gasteiger partial charge < -0.3 is 9.64 Å². The average Bonchev–Trinajstić information content (AvgIpc) is 3.53. The van der Waals surface area contributed by atoms with Gasteiger partial charge in [-0.2, -0.15) is 5.10 Å². The minimum Gasteiger partial charge on any atom is -0.466 e. The molecule has 2 heterocycles. The number of hydrogen-bond acceptors (Lipinski definition) is 4. The monoisotopic (exact) mass is 409 g/mol. The van der Waals surface area contributed by atoms with E-state index in [1.165, 1.54) is 5.56 Å². The van der Waals surface area contributed by atoms with E-state index >= 15 is 0 Å². The summed E-state index contributed by atoms with van der Waals surface area (Å²) in [4.78, 5) is 27.8. The number of nitrogens with zero attached hydrogens (tertiary/aromatic N) is 3. The molecule has 2 aromatic rings. The standard InChI is InChI=1S/C24H31N3O3/c1-4-20-21(23(28)26-13-7-9-18(15-26)24(29)30-5-2)22(17-11-12-17)25-27(20)19-10-6-8-16(3)14-19/h6,8,10,14,17-18H,4-5,7,9,11-13,15H2,1-3H3. The van der Waals surface area contributed by atoms with E-state index in [-0.39, 0.29) is 17.8 Å². The van der Waals surface area contributed by atoms with E-state index in [1.807, 2.05) is 28.6 Å². The zero-order chi connectivity index (χ0) is 21.3. The van der Waals surface area contributed by atoms with Crippen LogP contribution in [0.15, 0.2) is 24.3 Å². The van der Waals surface area contributed by atoms with Crippen molar-refractivity contribution in [2.24, 2.45) is 5.92 Å². The van der Waals surface area contributed by atoms with Gasteiger partial charge in [-0.3, -0.25) is 9.59 Å². The van der Waals surface area contributed by atoms with Crippen LogP contribution in [0.1, 0.15) is 72.8 Å². The summed E-state index contributed by atoms with van der Waals surface area (Å²) in [6.45, 7) is 7.44. The first kappa shape index (κ1) is 20.6. The van der Waals surface area contributed by atoms with Crippen LogP contribution in [0.2, 0.25) is 0 Å². The maximum absolute atomic E-state index is 13.7. The van der Waals surface area contributed by atoms with Crippen molar-refractivity contribution in [2.75, 3.05) is 19.7 Å². The largest absolute Gasteiger partial charge is 0.466 e. The molecule has 160 valence electrons. The molecule has 2 fully saturated rings. The fraction of sp³-hybridized carbons (Fsp3) is 0.542. The van der Waals surface area contributed by atoms with E-state index in [0.29, 0.717) is 25.6 Å². The fourth-order valence-corrected chi connectivity index (χ4v) is 4.42. The van der Waals surface area contributed by atoms with E-state index in [2.05, 4.69) is 26.0 Å². The second kappa shape index (κ2) is 8.62. The molecule has 1 atom stereocenters. The highest BCUT2D eigenvalue weighted by Crippen LogP contribution is 2.42. The predicted octanol–water partition coefficient (Wildman–Crippen LogP) is 4.04. The van der Waals surface area contributed by atoms with E-state index in [9.17, 15) is 9.59 Å². The Morgan fingerprint density at radius 1 is 1.20 bits per heavy atom. The molecule has 30 heavy (non-hydrogen) atoms. The maximum atomic E-state index is 13.7. The Kier molecular flexibility index (Phi) is 5.93. The molecule has 1 amide bonds. The Morgan fingerprint density at radius 3 is 2.67 bits per heavy atom. The van der Waals surface area contributed by atoms with Gasteiger partial charge in [-0.1, -0.05) is 19.1 Å². The van der Waals surface area contributed by atoms with Gasteiger partial charge in [-0.25, -0.2) is 4.68 Å². The quantitative estimate of drug-likeness (QED) is 0.676. The van der Waals surface area contributed by atoms with E-state index in [1.54, 1.807) is 0 Å². The third-order valence-electron chi connectivity index (χ3n) is 6.10. The highest BCUT2D eigenvalue weighted by Gasteiger charge is 2.37. The normalized spacial score (nSPS) is 19.0. The van der Waals surface area contributed by atoms with Crippen LogP contribution in [-0.2, 0) is 16.0 Å². The number of ether oxygens (including phenoxy) is 1. The molecule has 1 saturated heterocycles. The summed E-state index contributed by atoms with van der Waals surface area (Å²) in [5.41, 5.74) is 4.81. The smallest absolute Gasteiger partial charge is 0.310 e. The molecule has 1 aromatic carbocycles. The van der Waals surface area contributed by atoms with Gasteiger partial charge in [0.05, 0.1) is 35.2 Å². The number of piperidine rings is 1. The van der Waals surface area contributed by atoms with Crippen molar-refractivity contribution in [3.63, 3.8) is 0 Å². The van der Waals surface area contributed by atoms with Crippen molar-refractivity contribution in [3.05, 3.63) is 46.8 Å².